The van der Waals surface area contributed by atoms with Gasteiger partial charge in [0.15, 0.2) is 12.6 Å². The van der Waals surface area contributed by atoms with Crippen molar-refractivity contribution >= 4 is 5.91 Å². The van der Waals surface area contributed by atoms with Crippen LogP contribution in [-0.2, 0) is 23.7 Å². The molecule has 2 aliphatic rings. The van der Waals surface area contributed by atoms with E-state index in [-0.39, 0.29) is 18.9 Å². The summed E-state index contributed by atoms with van der Waals surface area (Å²) in [5.74, 6) is -0.241. The third-order valence-electron chi connectivity index (χ3n) is 19.4. The Morgan fingerprint density at radius 3 is 1.08 bits per heavy atom. The summed E-state index contributed by atoms with van der Waals surface area (Å²) < 4.78 is 22.8. The molecule has 2 aliphatic heterocycles. The number of aliphatic hydroxyl groups excluding tert-OH is 8. The summed E-state index contributed by atoms with van der Waals surface area (Å²) in [6.07, 6.45) is 62.9. The first-order valence-corrected chi connectivity index (χ1v) is 39.1. The fourth-order valence-electron chi connectivity index (χ4n) is 13.2. The first-order chi connectivity index (χ1) is 44.6. The second-order valence-electron chi connectivity index (χ2n) is 27.8. The van der Waals surface area contributed by atoms with E-state index in [1.165, 1.54) is 302 Å². The molecule has 0 aliphatic carbocycles. The van der Waals surface area contributed by atoms with E-state index in [2.05, 4.69) is 31.3 Å². The second-order valence-corrected chi connectivity index (χ2v) is 27.8. The van der Waals surface area contributed by atoms with Gasteiger partial charge in [0.1, 0.15) is 48.8 Å². The van der Waals surface area contributed by atoms with Crippen molar-refractivity contribution in [1.82, 2.24) is 5.32 Å². The number of hydrogen-bond donors (Lipinski definition) is 9. The third kappa shape index (κ3) is 45.6. The topological polar surface area (TPSA) is 228 Å². The normalized spacial score (nSPS) is 22.8. The fourth-order valence-corrected chi connectivity index (χ4v) is 13.2. The molecule has 12 unspecified atom stereocenters. The van der Waals surface area contributed by atoms with Gasteiger partial charge in [-0.3, -0.25) is 4.79 Å². The van der Waals surface area contributed by atoms with Gasteiger partial charge in [-0.25, -0.2) is 0 Å². The fraction of sp³-hybridized carbons (Fsp3) is 0.935. The van der Waals surface area contributed by atoms with Crippen molar-refractivity contribution in [2.75, 3.05) is 19.8 Å². The highest BCUT2D eigenvalue weighted by Gasteiger charge is 2.51. The van der Waals surface area contributed by atoms with Gasteiger partial charge in [-0.1, -0.05) is 353 Å². The molecule has 12 atom stereocenters. The van der Waals surface area contributed by atoms with Crippen LogP contribution < -0.4 is 5.32 Å². The number of ether oxygens (including phenoxy) is 4. The van der Waals surface area contributed by atoms with Crippen LogP contribution in [0.1, 0.15) is 367 Å². The molecule has 14 heteroatoms. The van der Waals surface area contributed by atoms with E-state index in [0.717, 1.165) is 32.1 Å². The molecule has 0 aromatic heterocycles. The quantitative estimate of drug-likeness (QED) is 0.0204. The van der Waals surface area contributed by atoms with Crippen molar-refractivity contribution < 1.29 is 64.6 Å². The van der Waals surface area contributed by atoms with E-state index in [1.54, 1.807) is 6.08 Å². The van der Waals surface area contributed by atoms with Crippen molar-refractivity contribution in [1.29, 1.82) is 0 Å². The molecule has 538 valence electrons. The summed E-state index contributed by atoms with van der Waals surface area (Å²) in [4.78, 5) is 13.3. The van der Waals surface area contributed by atoms with Crippen LogP contribution in [0.5, 0.6) is 0 Å². The number of hydrogen-bond acceptors (Lipinski definition) is 13. The Morgan fingerprint density at radius 1 is 0.385 bits per heavy atom. The summed E-state index contributed by atoms with van der Waals surface area (Å²) in [7, 11) is 0. The maximum atomic E-state index is 13.3. The molecular weight excluding hydrogens is 1150 g/mol. The van der Waals surface area contributed by atoms with E-state index < -0.39 is 86.8 Å². The largest absolute Gasteiger partial charge is 0.394 e. The summed E-state index contributed by atoms with van der Waals surface area (Å²) in [5, 5.41) is 87.4. The van der Waals surface area contributed by atoms with Gasteiger partial charge in [0.05, 0.1) is 32.0 Å². The number of carbonyl (C=O) groups is 1. The van der Waals surface area contributed by atoms with E-state index in [4.69, 9.17) is 18.9 Å². The molecule has 0 spiro atoms. The lowest BCUT2D eigenvalue weighted by atomic mass is 9.97. The Labute approximate surface area is 558 Å². The van der Waals surface area contributed by atoms with Crippen molar-refractivity contribution in [3.05, 3.63) is 24.3 Å². The number of unbranched alkanes of at least 4 members (excludes halogenated alkanes) is 51. The molecule has 0 radical (unpaired) electrons. The van der Waals surface area contributed by atoms with Crippen LogP contribution in [0.25, 0.3) is 0 Å². The van der Waals surface area contributed by atoms with Gasteiger partial charge in [-0.15, -0.1) is 0 Å². The van der Waals surface area contributed by atoms with Gasteiger partial charge in [-0.2, -0.15) is 0 Å². The summed E-state index contributed by atoms with van der Waals surface area (Å²) in [6.45, 7) is 2.83. The lowest BCUT2D eigenvalue weighted by molar-refractivity contribution is -0.359. The molecule has 2 saturated heterocycles. The standard InChI is InChI=1S/C77H147NO13/c1-3-5-7-9-11-13-15-17-19-21-22-23-24-25-26-27-28-29-30-31-32-33-34-35-36-37-38-39-40-41-42-43-45-47-49-51-53-55-57-59-61-69(82)78-65(66(81)60-58-56-54-52-50-48-46-44-20-18-16-14-12-10-8-6-4-2)64-88-76-74(87)72(85)75(68(63-80)90-76)91-77-73(86)71(84)70(83)67(62-79)89-77/h50,52,58,60,65-68,70-77,79-81,83-87H,3-49,51,53-57,59,61-64H2,1-2H3,(H,78,82)/b52-50+,60-58+. The third-order valence-corrected chi connectivity index (χ3v) is 19.4. The highest BCUT2D eigenvalue weighted by Crippen LogP contribution is 2.30. The highest BCUT2D eigenvalue weighted by atomic mass is 16.7. The summed E-state index contributed by atoms with van der Waals surface area (Å²) in [5.41, 5.74) is 0. The number of rotatable bonds is 66. The maximum absolute atomic E-state index is 13.3. The number of allylic oxidation sites excluding steroid dienone is 3. The number of carbonyl (C=O) groups excluding carboxylic acids is 1. The van der Waals surface area contributed by atoms with Crippen molar-refractivity contribution in [2.24, 2.45) is 0 Å². The molecule has 91 heavy (non-hydrogen) atoms. The number of amides is 1. The Bertz CT molecular complexity index is 1620. The van der Waals surface area contributed by atoms with Crippen molar-refractivity contribution in [3.63, 3.8) is 0 Å². The van der Waals surface area contributed by atoms with E-state index in [0.29, 0.717) is 12.8 Å². The molecule has 0 aromatic rings. The van der Waals surface area contributed by atoms with Gasteiger partial charge < -0.3 is 65.1 Å². The molecule has 0 bridgehead atoms. The SMILES string of the molecule is CCCCCCCCCCCCC/C=C/CC/C=C/C(O)C(COC1OC(CO)C(OC2OC(CO)C(O)C(O)C2O)C(O)C1O)NC(=O)CCCCCCCCCCCCCCCCCCCCCCCCCCCCCCCCCCCCCCCCCC. The van der Waals surface area contributed by atoms with Crippen molar-refractivity contribution in [3.8, 4) is 0 Å². The minimum atomic E-state index is -1.79. The summed E-state index contributed by atoms with van der Waals surface area (Å²) >= 11 is 0. The number of aliphatic hydroxyl groups is 8. The summed E-state index contributed by atoms with van der Waals surface area (Å²) in [6, 6.07) is -0.929. The average molecular weight is 1300 g/mol. The molecule has 2 heterocycles. The molecule has 0 saturated carbocycles. The van der Waals surface area contributed by atoms with Gasteiger partial charge in [-0.05, 0) is 32.1 Å². The minimum absolute atomic E-state index is 0.241. The van der Waals surface area contributed by atoms with Crippen LogP contribution in [0, 0.1) is 0 Å². The zero-order valence-corrected chi connectivity index (χ0v) is 58.9. The monoisotopic (exact) mass is 1290 g/mol. The smallest absolute Gasteiger partial charge is 0.220 e. The Kier molecular flexibility index (Phi) is 58.3. The lowest BCUT2D eigenvalue weighted by Gasteiger charge is -2.46. The maximum Gasteiger partial charge on any atom is 0.220 e. The number of nitrogens with one attached hydrogen (secondary N) is 1. The van der Waals surface area contributed by atoms with Crippen LogP contribution in [0.2, 0.25) is 0 Å². The lowest BCUT2D eigenvalue weighted by Crippen LogP contribution is -2.65. The van der Waals surface area contributed by atoms with E-state index in [1.807, 2.05) is 6.08 Å². The molecule has 2 rings (SSSR count). The molecule has 14 nitrogen and oxygen atoms in total. The Hall–Kier alpha value is -1.53. The van der Waals surface area contributed by atoms with Gasteiger partial charge >= 0.3 is 0 Å². The van der Waals surface area contributed by atoms with E-state index >= 15 is 0 Å². The Morgan fingerprint density at radius 2 is 0.703 bits per heavy atom. The predicted molar refractivity (Wildman–Crippen MR) is 374 cm³/mol. The molecule has 1 amide bonds. The van der Waals surface area contributed by atoms with Crippen LogP contribution in [0.4, 0.5) is 0 Å². The molecular formula is C77H147NO13. The average Bonchev–Trinajstić information content (AvgIpc) is 1.08. The van der Waals surface area contributed by atoms with Crippen LogP contribution >= 0.6 is 0 Å². The molecule has 0 aromatic carbocycles. The second kappa shape index (κ2) is 62.0. The minimum Gasteiger partial charge on any atom is -0.394 e. The van der Waals surface area contributed by atoms with Crippen LogP contribution in [0.3, 0.4) is 0 Å². The Balaban J connectivity index is 1.55. The zero-order valence-electron chi connectivity index (χ0n) is 58.9. The van der Waals surface area contributed by atoms with E-state index in [9.17, 15) is 45.6 Å². The van der Waals surface area contributed by atoms with Crippen molar-refractivity contribution in [2.45, 2.75) is 441 Å². The van der Waals surface area contributed by atoms with Crippen LogP contribution in [-0.4, -0.2) is 140 Å². The van der Waals surface area contributed by atoms with Gasteiger partial charge in [0, 0.05) is 6.42 Å². The highest BCUT2D eigenvalue weighted by molar-refractivity contribution is 5.76. The van der Waals surface area contributed by atoms with Gasteiger partial charge in [0.25, 0.3) is 0 Å². The van der Waals surface area contributed by atoms with Crippen LogP contribution in [0.15, 0.2) is 24.3 Å². The van der Waals surface area contributed by atoms with Gasteiger partial charge in [0.2, 0.25) is 5.91 Å². The first-order valence-electron chi connectivity index (χ1n) is 39.1. The molecule has 2 fully saturated rings. The zero-order chi connectivity index (χ0) is 65.9. The molecule has 9 N–H and O–H groups in total. The predicted octanol–water partition coefficient (Wildman–Crippen LogP) is 17.1. The first kappa shape index (κ1) is 85.6.